The van der Waals surface area contributed by atoms with Crippen LogP contribution in [0, 0.1) is 5.82 Å². The van der Waals surface area contributed by atoms with E-state index in [1.54, 1.807) is 18.2 Å². The molecule has 0 unspecified atom stereocenters. The first-order valence-corrected chi connectivity index (χ1v) is 8.32. The van der Waals surface area contributed by atoms with E-state index in [-0.39, 0.29) is 16.7 Å². The SMILES string of the molecule is CCNc1cc(Cl)c(Cc2ccc(O)c(C(C)C)c2)c(Cl)c1F. The summed E-state index contributed by atoms with van der Waals surface area (Å²) in [6.45, 7) is 6.46. The van der Waals surface area contributed by atoms with Gasteiger partial charge in [0.05, 0.1) is 10.7 Å². The van der Waals surface area contributed by atoms with Crippen molar-refractivity contribution in [3.8, 4) is 5.75 Å². The van der Waals surface area contributed by atoms with Crippen LogP contribution in [0.15, 0.2) is 24.3 Å². The Labute approximate surface area is 146 Å². The van der Waals surface area contributed by atoms with Gasteiger partial charge in [-0.25, -0.2) is 4.39 Å². The Hall–Kier alpha value is -1.45. The van der Waals surface area contributed by atoms with E-state index in [4.69, 9.17) is 23.2 Å². The highest BCUT2D eigenvalue weighted by Gasteiger charge is 2.17. The van der Waals surface area contributed by atoms with Crippen molar-refractivity contribution in [2.24, 2.45) is 0 Å². The van der Waals surface area contributed by atoms with Crippen LogP contribution in [0.4, 0.5) is 10.1 Å². The second-order valence-corrected chi connectivity index (χ2v) is 6.55. The van der Waals surface area contributed by atoms with Crippen LogP contribution in [0.3, 0.4) is 0 Å². The molecule has 0 spiro atoms. The van der Waals surface area contributed by atoms with Gasteiger partial charge >= 0.3 is 0 Å². The highest BCUT2D eigenvalue weighted by atomic mass is 35.5. The lowest BCUT2D eigenvalue weighted by atomic mass is 9.96. The Bertz CT molecular complexity index is 717. The molecule has 0 saturated carbocycles. The van der Waals surface area contributed by atoms with Crippen LogP contribution in [0.2, 0.25) is 10.0 Å². The third-order valence-electron chi connectivity index (χ3n) is 3.72. The highest BCUT2D eigenvalue weighted by Crippen LogP contribution is 2.35. The molecule has 5 heteroatoms. The van der Waals surface area contributed by atoms with Gasteiger partial charge in [-0.1, -0.05) is 49.2 Å². The molecular weight excluding hydrogens is 336 g/mol. The monoisotopic (exact) mass is 355 g/mol. The second-order valence-electron chi connectivity index (χ2n) is 5.77. The number of hydrogen-bond acceptors (Lipinski definition) is 2. The van der Waals surface area contributed by atoms with Gasteiger partial charge in [-0.15, -0.1) is 0 Å². The maximum absolute atomic E-state index is 14.3. The van der Waals surface area contributed by atoms with E-state index in [2.05, 4.69) is 5.32 Å². The summed E-state index contributed by atoms with van der Waals surface area (Å²) in [6.07, 6.45) is 0.404. The van der Waals surface area contributed by atoms with Crippen molar-refractivity contribution in [2.45, 2.75) is 33.1 Å². The zero-order chi connectivity index (χ0) is 17.1. The molecule has 23 heavy (non-hydrogen) atoms. The summed E-state index contributed by atoms with van der Waals surface area (Å²) in [4.78, 5) is 0. The van der Waals surface area contributed by atoms with Crippen molar-refractivity contribution in [1.29, 1.82) is 0 Å². The van der Waals surface area contributed by atoms with E-state index in [9.17, 15) is 9.50 Å². The van der Waals surface area contributed by atoms with Crippen LogP contribution in [0.5, 0.6) is 5.75 Å². The van der Waals surface area contributed by atoms with Crippen molar-refractivity contribution in [2.75, 3.05) is 11.9 Å². The molecule has 0 aromatic heterocycles. The molecule has 2 rings (SSSR count). The summed E-state index contributed by atoms with van der Waals surface area (Å²) in [6, 6.07) is 6.91. The highest BCUT2D eigenvalue weighted by molar-refractivity contribution is 6.36. The minimum atomic E-state index is -0.490. The number of hydrogen-bond donors (Lipinski definition) is 2. The van der Waals surface area contributed by atoms with E-state index >= 15 is 0 Å². The number of halogens is 3. The van der Waals surface area contributed by atoms with Crippen LogP contribution in [-0.4, -0.2) is 11.7 Å². The topological polar surface area (TPSA) is 32.3 Å². The zero-order valence-electron chi connectivity index (χ0n) is 13.4. The van der Waals surface area contributed by atoms with Crippen molar-refractivity contribution in [1.82, 2.24) is 0 Å². The van der Waals surface area contributed by atoms with Gasteiger partial charge in [0.2, 0.25) is 0 Å². The van der Waals surface area contributed by atoms with Gasteiger partial charge < -0.3 is 10.4 Å². The predicted molar refractivity (Wildman–Crippen MR) is 95.6 cm³/mol. The maximum atomic E-state index is 14.3. The van der Waals surface area contributed by atoms with E-state index in [1.165, 1.54) is 0 Å². The van der Waals surface area contributed by atoms with Crippen molar-refractivity contribution in [3.05, 3.63) is 56.8 Å². The van der Waals surface area contributed by atoms with Gasteiger partial charge in [-0.2, -0.15) is 0 Å². The van der Waals surface area contributed by atoms with E-state index in [1.807, 2.05) is 26.8 Å². The minimum Gasteiger partial charge on any atom is -0.508 e. The lowest BCUT2D eigenvalue weighted by molar-refractivity contribution is 0.464. The van der Waals surface area contributed by atoms with Gasteiger partial charge in [0, 0.05) is 18.0 Å². The predicted octanol–water partition coefficient (Wildman–Crippen LogP) is 5.98. The first-order valence-electron chi connectivity index (χ1n) is 7.57. The molecule has 2 nitrogen and oxygen atoms in total. The second kappa shape index (κ2) is 7.41. The van der Waals surface area contributed by atoms with Crippen molar-refractivity contribution < 1.29 is 9.50 Å². The molecule has 0 saturated heterocycles. The number of nitrogens with one attached hydrogen (secondary N) is 1. The molecule has 2 aromatic carbocycles. The number of phenols is 1. The van der Waals surface area contributed by atoms with Crippen LogP contribution < -0.4 is 5.32 Å². The van der Waals surface area contributed by atoms with E-state index in [0.29, 0.717) is 29.2 Å². The third kappa shape index (κ3) is 3.91. The summed E-state index contributed by atoms with van der Waals surface area (Å²) >= 11 is 12.5. The van der Waals surface area contributed by atoms with Gasteiger partial charge in [0.25, 0.3) is 0 Å². The first-order chi connectivity index (χ1) is 10.8. The summed E-state index contributed by atoms with van der Waals surface area (Å²) in [5, 5.41) is 13.3. The number of rotatable bonds is 5. The summed E-state index contributed by atoms with van der Waals surface area (Å²) < 4.78 is 14.3. The Morgan fingerprint density at radius 1 is 1.22 bits per heavy atom. The normalized spacial score (nSPS) is 11.1. The molecule has 0 aliphatic rings. The lowest BCUT2D eigenvalue weighted by Gasteiger charge is -2.14. The largest absolute Gasteiger partial charge is 0.508 e. The lowest BCUT2D eigenvalue weighted by Crippen LogP contribution is -2.03. The summed E-state index contributed by atoms with van der Waals surface area (Å²) in [5.74, 6) is -0.0424. The smallest absolute Gasteiger partial charge is 0.165 e. The number of anilines is 1. The van der Waals surface area contributed by atoms with Crippen molar-refractivity contribution >= 4 is 28.9 Å². The molecule has 0 heterocycles. The van der Waals surface area contributed by atoms with Gasteiger partial charge in [0.15, 0.2) is 5.82 Å². The molecule has 0 radical (unpaired) electrons. The average Bonchev–Trinajstić information content (AvgIpc) is 2.50. The third-order valence-corrected chi connectivity index (χ3v) is 4.45. The average molecular weight is 356 g/mol. The van der Waals surface area contributed by atoms with Gasteiger partial charge in [-0.3, -0.25) is 0 Å². The zero-order valence-corrected chi connectivity index (χ0v) is 14.9. The van der Waals surface area contributed by atoms with Gasteiger partial charge in [0.1, 0.15) is 5.75 Å². The molecule has 124 valence electrons. The first kappa shape index (κ1) is 17.9. The standard InChI is InChI=1S/C18H20Cl2FNO/c1-4-22-15-9-14(19)13(17(20)18(15)21)8-11-5-6-16(23)12(7-11)10(2)3/h5-7,9-10,22-23H,4,8H2,1-3H3. The maximum Gasteiger partial charge on any atom is 0.165 e. The Morgan fingerprint density at radius 3 is 2.52 bits per heavy atom. The molecule has 2 aromatic rings. The summed E-state index contributed by atoms with van der Waals surface area (Å²) in [7, 11) is 0. The summed E-state index contributed by atoms with van der Waals surface area (Å²) in [5.41, 5.74) is 2.62. The van der Waals surface area contributed by atoms with Crippen LogP contribution >= 0.6 is 23.2 Å². The molecular formula is C18H20Cl2FNO. The molecule has 0 atom stereocenters. The Kier molecular flexibility index (Phi) is 5.77. The van der Waals surface area contributed by atoms with Crippen LogP contribution in [0.1, 0.15) is 43.4 Å². The molecule has 0 aliphatic heterocycles. The molecule has 0 fully saturated rings. The van der Waals surface area contributed by atoms with E-state index in [0.717, 1.165) is 11.1 Å². The number of benzene rings is 2. The van der Waals surface area contributed by atoms with Crippen molar-refractivity contribution in [3.63, 3.8) is 0 Å². The molecule has 0 bridgehead atoms. The molecule has 2 N–H and O–H groups in total. The molecule has 0 amide bonds. The quantitative estimate of drug-likeness (QED) is 0.646. The Balaban J connectivity index is 2.41. The fourth-order valence-electron chi connectivity index (χ4n) is 2.49. The minimum absolute atomic E-state index is 0.0348. The van der Waals surface area contributed by atoms with Crippen LogP contribution in [0.25, 0.3) is 0 Å². The Morgan fingerprint density at radius 2 is 1.91 bits per heavy atom. The van der Waals surface area contributed by atoms with Crippen LogP contribution in [-0.2, 0) is 6.42 Å². The number of aromatic hydroxyl groups is 1. The molecule has 0 aliphatic carbocycles. The van der Waals surface area contributed by atoms with E-state index < -0.39 is 5.82 Å². The number of phenolic OH excluding ortho intramolecular Hbond substituents is 1. The van der Waals surface area contributed by atoms with Gasteiger partial charge in [-0.05, 0) is 41.7 Å². The fourth-order valence-corrected chi connectivity index (χ4v) is 3.08. The fraction of sp³-hybridized carbons (Fsp3) is 0.333.